The summed E-state index contributed by atoms with van der Waals surface area (Å²) >= 11 is 0. The lowest BCUT2D eigenvalue weighted by Crippen LogP contribution is -2.35. The van der Waals surface area contributed by atoms with Crippen molar-refractivity contribution in [2.75, 3.05) is 0 Å². The molecule has 57 heavy (non-hydrogen) atoms. The fourth-order valence-electron chi connectivity index (χ4n) is 9.56. The standard InChI is InChI=1S/2C10H20.C9H16.C8H16.C8H14.C6H12.3C2H2/c1-9(2)6-5-7-10(3,4)8-9;1-9(2)7-5-6-8-10(9,3)4;1-8-6-4-5-7-9(8,2)3;2*1-7-5-3-4-6-8(7)2;1-2-4-6-5-3-1;3*1-2/h2*5-8H2,1-4H3;1,4-7H2,2-3H3;7-8H,3-6H2,1-2H3;8H,1,3-6H2,2H3;1-6H2;3*1-2H/t;;;7-,8?;;;;;/m...0...../s1. The van der Waals surface area contributed by atoms with Crippen LogP contribution in [0.1, 0.15) is 257 Å². The van der Waals surface area contributed by atoms with Gasteiger partial charge in [0, 0.05) is 0 Å². The van der Waals surface area contributed by atoms with Gasteiger partial charge in [0.05, 0.1) is 0 Å². The third kappa shape index (κ3) is 28.3. The first-order chi connectivity index (χ1) is 26.6. The summed E-state index contributed by atoms with van der Waals surface area (Å²) in [5.74, 6) is 2.82. The van der Waals surface area contributed by atoms with Gasteiger partial charge in [-0.1, -0.05) is 211 Å². The van der Waals surface area contributed by atoms with Gasteiger partial charge in [-0.25, -0.2) is 0 Å². The Hall–Kier alpha value is -1.84. The van der Waals surface area contributed by atoms with E-state index in [4.69, 9.17) is 0 Å². The molecule has 6 saturated carbocycles. The maximum atomic E-state index is 4.07. The van der Waals surface area contributed by atoms with Gasteiger partial charge in [0.15, 0.2) is 0 Å². The van der Waals surface area contributed by atoms with Gasteiger partial charge in [0.2, 0.25) is 0 Å². The molecule has 0 heterocycles. The van der Waals surface area contributed by atoms with Gasteiger partial charge in [-0.05, 0) is 115 Å². The van der Waals surface area contributed by atoms with E-state index in [1.165, 1.54) is 178 Å². The highest BCUT2D eigenvalue weighted by atomic mass is 14.4. The Balaban J connectivity index is -0.000000600. The molecule has 6 aliphatic carbocycles. The zero-order chi connectivity index (χ0) is 44.8. The maximum absolute atomic E-state index is 4.07. The van der Waals surface area contributed by atoms with Gasteiger partial charge in [0.25, 0.3) is 0 Å². The van der Waals surface area contributed by atoms with E-state index in [0.29, 0.717) is 27.1 Å². The fraction of sp³-hybridized carbons (Fsp3) is 0.825. The molecule has 0 nitrogen and oxygen atoms in total. The predicted octanol–water partition coefficient (Wildman–Crippen LogP) is 19.0. The zero-order valence-corrected chi connectivity index (χ0v) is 41.5. The zero-order valence-electron chi connectivity index (χ0n) is 41.5. The Morgan fingerprint density at radius 3 is 0.982 bits per heavy atom. The molecule has 0 amide bonds. The van der Waals surface area contributed by atoms with Gasteiger partial charge in [-0.15, -0.1) is 38.5 Å². The first kappa shape index (κ1) is 59.5. The van der Waals surface area contributed by atoms with Crippen molar-refractivity contribution in [2.24, 2.45) is 44.8 Å². The van der Waals surface area contributed by atoms with E-state index in [1.54, 1.807) is 0 Å². The van der Waals surface area contributed by atoms with Gasteiger partial charge in [-0.2, -0.15) is 0 Å². The Labute approximate surface area is 363 Å². The monoisotopic (exact) mass is 789 g/mol. The Morgan fingerprint density at radius 1 is 0.404 bits per heavy atom. The van der Waals surface area contributed by atoms with Crippen LogP contribution < -0.4 is 0 Å². The van der Waals surface area contributed by atoms with Crippen molar-refractivity contribution in [3.8, 4) is 38.5 Å². The summed E-state index contributed by atoms with van der Waals surface area (Å²) in [6.45, 7) is 38.9. The van der Waals surface area contributed by atoms with Crippen LogP contribution in [0.5, 0.6) is 0 Å². The number of terminal acetylenes is 3. The largest absolute Gasteiger partial charge is 0.124 e. The van der Waals surface area contributed by atoms with Crippen LogP contribution in [0.2, 0.25) is 0 Å². The molecular weight excluding hydrogens is 685 g/mol. The summed E-state index contributed by atoms with van der Waals surface area (Å²) in [4.78, 5) is 0. The molecule has 0 bridgehead atoms. The van der Waals surface area contributed by atoms with E-state index in [2.05, 4.69) is 142 Å². The summed E-state index contributed by atoms with van der Waals surface area (Å²) in [7, 11) is 0. The third-order valence-corrected chi connectivity index (χ3v) is 15.0. The quantitative estimate of drug-likeness (QED) is 0.169. The van der Waals surface area contributed by atoms with E-state index in [1.807, 2.05) is 0 Å². The SMILES string of the molecule is C#C.C#C.C#C.C1CCCCC1.C=C1CCCCC1(C)C.C=C1CCCCC1C.CC1(C)CCCC(C)(C)C1.CC1(C)CCCCC1(C)C.CC1CCCC[C@@H]1C. The van der Waals surface area contributed by atoms with Crippen LogP contribution in [0, 0.1) is 83.4 Å². The van der Waals surface area contributed by atoms with Gasteiger partial charge in [0.1, 0.15) is 0 Å². The van der Waals surface area contributed by atoms with Crippen LogP contribution >= 0.6 is 0 Å². The van der Waals surface area contributed by atoms with Crippen LogP contribution in [-0.4, -0.2) is 0 Å². The van der Waals surface area contributed by atoms with Crippen molar-refractivity contribution in [1.29, 1.82) is 0 Å². The Kier molecular flexibility index (Phi) is 33.4. The lowest BCUT2D eigenvalue weighted by atomic mass is 9.60. The van der Waals surface area contributed by atoms with Gasteiger partial charge < -0.3 is 0 Å². The van der Waals surface area contributed by atoms with Crippen LogP contribution in [0.4, 0.5) is 0 Å². The molecular formula is C57H104. The van der Waals surface area contributed by atoms with E-state index < -0.39 is 0 Å². The molecule has 0 N–H and O–H groups in total. The molecule has 3 atom stereocenters. The van der Waals surface area contributed by atoms with E-state index in [0.717, 1.165) is 17.8 Å². The molecule has 0 heteroatoms. The molecule has 0 aromatic carbocycles. The highest BCUT2D eigenvalue weighted by Gasteiger charge is 2.38. The van der Waals surface area contributed by atoms with Crippen molar-refractivity contribution in [3.63, 3.8) is 0 Å². The minimum atomic E-state index is 0.443. The predicted molar refractivity (Wildman–Crippen MR) is 264 cm³/mol. The number of hydrogen-bond donors (Lipinski definition) is 0. The molecule has 6 fully saturated rings. The molecule has 0 aromatic heterocycles. The summed E-state index contributed by atoms with van der Waals surface area (Å²) < 4.78 is 0. The minimum absolute atomic E-state index is 0.443. The fourth-order valence-corrected chi connectivity index (χ4v) is 9.56. The lowest BCUT2D eigenvalue weighted by molar-refractivity contribution is 0.0520. The highest BCUT2D eigenvalue weighted by molar-refractivity contribution is 5.09. The molecule has 6 aliphatic rings. The van der Waals surface area contributed by atoms with Gasteiger partial charge in [-0.3, -0.25) is 0 Å². The summed E-state index contributed by atoms with van der Waals surface area (Å²) in [6, 6.07) is 0. The molecule has 332 valence electrons. The average molecular weight is 789 g/mol. The van der Waals surface area contributed by atoms with Crippen LogP contribution in [0.25, 0.3) is 0 Å². The van der Waals surface area contributed by atoms with E-state index in [-0.39, 0.29) is 0 Å². The molecule has 0 saturated heterocycles. The second-order valence-electron chi connectivity index (χ2n) is 22.2. The first-order valence-corrected chi connectivity index (χ1v) is 24.0. The number of allylic oxidation sites excluding steroid dienone is 2. The first-order valence-electron chi connectivity index (χ1n) is 24.0. The lowest BCUT2D eigenvalue weighted by Gasteiger charge is -2.45. The minimum Gasteiger partial charge on any atom is -0.124 e. The van der Waals surface area contributed by atoms with Crippen molar-refractivity contribution in [3.05, 3.63) is 24.3 Å². The second kappa shape index (κ2) is 32.0. The van der Waals surface area contributed by atoms with Crippen molar-refractivity contribution < 1.29 is 0 Å². The maximum Gasteiger partial charge on any atom is -0.0147 e. The smallest absolute Gasteiger partial charge is 0.0147 e. The molecule has 6 rings (SSSR count). The molecule has 2 unspecified atom stereocenters. The summed E-state index contributed by atoms with van der Waals surface area (Å²) in [5, 5.41) is 0. The van der Waals surface area contributed by atoms with Crippen molar-refractivity contribution in [1.82, 2.24) is 0 Å². The third-order valence-electron chi connectivity index (χ3n) is 15.0. The highest BCUT2D eigenvalue weighted by Crippen LogP contribution is 2.49. The van der Waals surface area contributed by atoms with Crippen LogP contribution in [0.15, 0.2) is 24.3 Å². The molecule has 0 aliphatic heterocycles. The van der Waals surface area contributed by atoms with Crippen LogP contribution in [0.3, 0.4) is 0 Å². The second-order valence-corrected chi connectivity index (χ2v) is 22.2. The van der Waals surface area contributed by atoms with Crippen LogP contribution in [-0.2, 0) is 0 Å². The topological polar surface area (TPSA) is 0 Å². The Bertz CT molecular complexity index is 993. The molecule has 0 spiro atoms. The molecule has 0 aromatic rings. The number of hydrogen-bond acceptors (Lipinski definition) is 0. The van der Waals surface area contributed by atoms with E-state index in [9.17, 15) is 0 Å². The summed E-state index contributed by atoms with van der Waals surface area (Å²) in [5.41, 5.74) is 5.74. The molecule has 0 radical (unpaired) electrons. The number of rotatable bonds is 0. The average Bonchev–Trinajstić information content (AvgIpc) is 3.17. The Morgan fingerprint density at radius 2 is 0.754 bits per heavy atom. The van der Waals surface area contributed by atoms with Gasteiger partial charge >= 0.3 is 0 Å². The van der Waals surface area contributed by atoms with Crippen molar-refractivity contribution in [2.45, 2.75) is 257 Å². The van der Waals surface area contributed by atoms with Crippen molar-refractivity contribution >= 4 is 0 Å². The normalized spacial score (nSPS) is 27.2. The van der Waals surface area contributed by atoms with E-state index >= 15 is 0 Å². The summed E-state index contributed by atoms with van der Waals surface area (Å²) in [6.07, 6.45) is 61.1.